The summed E-state index contributed by atoms with van der Waals surface area (Å²) in [5.74, 6) is 0.874. The average molecular weight is 364 g/mol. The lowest BCUT2D eigenvalue weighted by Gasteiger charge is -2.12. The average Bonchev–Trinajstić information content (AvgIpc) is 3.01. The predicted molar refractivity (Wildman–Crippen MR) is 102 cm³/mol. The summed E-state index contributed by atoms with van der Waals surface area (Å²) in [7, 11) is -3.65. The highest BCUT2D eigenvalue weighted by Crippen LogP contribution is 2.34. The molecule has 0 aliphatic rings. The van der Waals surface area contributed by atoms with E-state index in [0.29, 0.717) is 11.4 Å². The SMILES string of the molecule is CS(=O)(=O)Oc1ccccc1-c1nc2ccccc2n1-c1ccccc1. The lowest BCUT2D eigenvalue weighted by atomic mass is 10.2. The molecule has 4 rings (SSSR count). The Balaban J connectivity index is 2.02. The number of imidazole rings is 1. The first kappa shape index (κ1) is 16.4. The van der Waals surface area contributed by atoms with E-state index in [0.717, 1.165) is 23.0 Å². The van der Waals surface area contributed by atoms with Crippen molar-refractivity contribution in [3.63, 3.8) is 0 Å². The van der Waals surface area contributed by atoms with Crippen LogP contribution in [-0.4, -0.2) is 24.2 Å². The maximum absolute atomic E-state index is 11.7. The van der Waals surface area contributed by atoms with E-state index in [1.54, 1.807) is 18.2 Å². The highest BCUT2D eigenvalue weighted by atomic mass is 32.2. The molecule has 0 atom stereocenters. The summed E-state index contributed by atoms with van der Waals surface area (Å²) in [6.07, 6.45) is 1.03. The third kappa shape index (κ3) is 3.07. The lowest BCUT2D eigenvalue weighted by molar-refractivity contribution is 0.493. The molecule has 0 bridgehead atoms. The van der Waals surface area contributed by atoms with E-state index in [2.05, 4.69) is 0 Å². The Kier molecular flexibility index (Phi) is 3.97. The van der Waals surface area contributed by atoms with E-state index in [1.165, 1.54) is 0 Å². The van der Waals surface area contributed by atoms with Gasteiger partial charge in [-0.2, -0.15) is 8.42 Å². The standard InChI is InChI=1S/C20H16N2O3S/c1-26(23,24)25-19-14-8-5-11-16(19)20-21-17-12-6-7-13-18(17)22(20)15-9-3-2-4-10-15/h2-14H,1H3. The number of rotatable bonds is 4. The molecule has 0 saturated carbocycles. The predicted octanol–water partition coefficient (Wildman–Crippen LogP) is 4.03. The molecule has 0 aliphatic carbocycles. The number of aromatic nitrogens is 2. The molecule has 0 fully saturated rings. The van der Waals surface area contributed by atoms with Crippen LogP contribution < -0.4 is 4.18 Å². The van der Waals surface area contributed by atoms with Gasteiger partial charge in [0.25, 0.3) is 0 Å². The van der Waals surface area contributed by atoms with Gasteiger partial charge in [0, 0.05) is 5.69 Å². The highest BCUT2D eigenvalue weighted by molar-refractivity contribution is 7.86. The van der Waals surface area contributed by atoms with Gasteiger partial charge in [-0.1, -0.05) is 42.5 Å². The molecule has 4 aromatic rings. The second kappa shape index (κ2) is 6.31. The lowest BCUT2D eigenvalue weighted by Crippen LogP contribution is -2.07. The zero-order valence-corrected chi connectivity index (χ0v) is 14.8. The van der Waals surface area contributed by atoms with Crippen molar-refractivity contribution in [3.8, 4) is 22.8 Å². The fourth-order valence-electron chi connectivity index (χ4n) is 2.93. The number of benzene rings is 3. The summed E-state index contributed by atoms with van der Waals surface area (Å²) >= 11 is 0. The molecule has 6 heteroatoms. The van der Waals surface area contributed by atoms with Gasteiger partial charge in [-0.15, -0.1) is 0 Å². The molecule has 1 aromatic heterocycles. The number of hydrogen-bond acceptors (Lipinski definition) is 4. The van der Waals surface area contributed by atoms with E-state index in [9.17, 15) is 8.42 Å². The molecule has 5 nitrogen and oxygen atoms in total. The Morgan fingerprint density at radius 1 is 0.846 bits per heavy atom. The summed E-state index contributed by atoms with van der Waals surface area (Å²) in [6.45, 7) is 0. The van der Waals surface area contributed by atoms with Gasteiger partial charge in [-0.05, 0) is 36.4 Å². The minimum absolute atomic E-state index is 0.252. The maximum Gasteiger partial charge on any atom is 0.306 e. The van der Waals surface area contributed by atoms with Crippen LogP contribution in [-0.2, 0) is 10.1 Å². The Hall–Kier alpha value is -3.12. The first-order valence-electron chi connectivity index (χ1n) is 8.05. The molecular formula is C20H16N2O3S. The van der Waals surface area contributed by atoms with Crippen molar-refractivity contribution in [2.75, 3.05) is 6.26 Å². The van der Waals surface area contributed by atoms with Crippen LogP contribution in [0.15, 0.2) is 78.9 Å². The Labute approximate surface area is 151 Å². The van der Waals surface area contributed by atoms with Crippen LogP contribution in [0.5, 0.6) is 5.75 Å². The van der Waals surface area contributed by atoms with Crippen LogP contribution in [0.25, 0.3) is 28.1 Å². The van der Waals surface area contributed by atoms with Gasteiger partial charge in [0.1, 0.15) is 5.82 Å². The zero-order chi connectivity index (χ0) is 18.1. The molecule has 0 radical (unpaired) electrons. The summed E-state index contributed by atoms with van der Waals surface area (Å²) in [4.78, 5) is 4.74. The van der Waals surface area contributed by atoms with Crippen molar-refractivity contribution < 1.29 is 12.6 Å². The van der Waals surface area contributed by atoms with Crippen LogP contribution >= 0.6 is 0 Å². The molecule has 0 spiro atoms. The maximum atomic E-state index is 11.7. The zero-order valence-electron chi connectivity index (χ0n) is 14.0. The number of fused-ring (bicyclic) bond motifs is 1. The van der Waals surface area contributed by atoms with Gasteiger partial charge in [-0.25, -0.2) is 4.98 Å². The van der Waals surface area contributed by atoms with Gasteiger partial charge in [0.2, 0.25) is 0 Å². The third-order valence-electron chi connectivity index (χ3n) is 3.94. The summed E-state index contributed by atoms with van der Waals surface area (Å²) in [5, 5.41) is 0. The van der Waals surface area contributed by atoms with Crippen LogP contribution in [0.4, 0.5) is 0 Å². The van der Waals surface area contributed by atoms with E-state index in [-0.39, 0.29) is 5.75 Å². The van der Waals surface area contributed by atoms with Gasteiger partial charge in [-0.3, -0.25) is 4.57 Å². The van der Waals surface area contributed by atoms with E-state index in [1.807, 2.05) is 65.2 Å². The fraction of sp³-hybridized carbons (Fsp3) is 0.0500. The first-order chi connectivity index (χ1) is 12.5. The Bertz CT molecular complexity index is 1180. The smallest absolute Gasteiger partial charge is 0.306 e. The van der Waals surface area contributed by atoms with Gasteiger partial charge >= 0.3 is 10.1 Å². The monoisotopic (exact) mass is 364 g/mol. The summed E-state index contributed by atoms with van der Waals surface area (Å²) < 4.78 is 30.5. The van der Waals surface area contributed by atoms with Gasteiger partial charge in [0.05, 0.1) is 22.9 Å². The number of para-hydroxylation sites is 4. The molecule has 130 valence electrons. The second-order valence-electron chi connectivity index (χ2n) is 5.88. The quantitative estimate of drug-likeness (QED) is 0.513. The third-order valence-corrected chi connectivity index (χ3v) is 4.43. The van der Waals surface area contributed by atoms with E-state index >= 15 is 0 Å². The number of nitrogens with zero attached hydrogens (tertiary/aromatic N) is 2. The van der Waals surface area contributed by atoms with Crippen LogP contribution in [0.3, 0.4) is 0 Å². The van der Waals surface area contributed by atoms with Crippen molar-refractivity contribution >= 4 is 21.2 Å². The van der Waals surface area contributed by atoms with E-state index < -0.39 is 10.1 Å². The topological polar surface area (TPSA) is 61.2 Å². The van der Waals surface area contributed by atoms with Crippen LogP contribution in [0, 0.1) is 0 Å². The second-order valence-corrected chi connectivity index (χ2v) is 7.45. The van der Waals surface area contributed by atoms with Gasteiger partial charge < -0.3 is 4.18 Å². The van der Waals surface area contributed by atoms with Crippen molar-refractivity contribution in [1.82, 2.24) is 9.55 Å². The molecule has 1 heterocycles. The molecule has 0 amide bonds. The molecule has 0 saturated heterocycles. The van der Waals surface area contributed by atoms with Crippen LogP contribution in [0.2, 0.25) is 0 Å². The van der Waals surface area contributed by atoms with Crippen molar-refractivity contribution in [1.29, 1.82) is 0 Å². The fourth-order valence-corrected chi connectivity index (χ4v) is 3.40. The summed E-state index contributed by atoms with van der Waals surface area (Å²) in [5.41, 5.74) is 3.30. The molecule has 0 unspecified atom stereocenters. The Morgan fingerprint density at radius 2 is 1.50 bits per heavy atom. The first-order valence-corrected chi connectivity index (χ1v) is 9.86. The van der Waals surface area contributed by atoms with Gasteiger partial charge in [0.15, 0.2) is 5.75 Å². The minimum atomic E-state index is -3.65. The molecule has 0 N–H and O–H groups in total. The van der Waals surface area contributed by atoms with Crippen molar-refractivity contribution in [3.05, 3.63) is 78.9 Å². The summed E-state index contributed by atoms with van der Waals surface area (Å²) in [6, 6.07) is 24.6. The van der Waals surface area contributed by atoms with Crippen molar-refractivity contribution in [2.45, 2.75) is 0 Å². The molecule has 26 heavy (non-hydrogen) atoms. The Morgan fingerprint density at radius 3 is 2.27 bits per heavy atom. The molecule has 3 aromatic carbocycles. The minimum Gasteiger partial charge on any atom is -0.382 e. The molecular weight excluding hydrogens is 348 g/mol. The highest BCUT2D eigenvalue weighted by Gasteiger charge is 2.19. The van der Waals surface area contributed by atoms with Crippen LogP contribution in [0.1, 0.15) is 0 Å². The largest absolute Gasteiger partial charge is 0.382 e. The normalized spacial score (nSPS) is 11.6. The van der Waals surface area contributed by atoms with Crippen molar-refractivity contribution in [2.24, 2.45) is 0 Å². The molecule has 0 aliphatic heterocycles. The number of hydrogen-bond donors (Lipinski definition) is 0. The van der Waals surface area contributed by atoms with E-state index in [4.69, 9.17) is 9.17 Å².